The van der Waals surface area contributed by atoms with Crippen molar-refractivity contribution in [1.82, 2.24) is 10.2 Å². The Hall–Kier alpha value is -3.06. The predicted molar refractivity (Wildman–Crippen MR) is 91.6 cm³/mol. The molecule has 0 amide bonds. The Kier molecular flexibility index (Phi) is 4.85. The highest BCUT2D eigenvalue weighted by atomic mass is 16.6. The topological polar surface area (TPSA) is 98.7 Å². The molecule has 7 heteroatoms. The van der Waals surface area contributed by atoms with Crippen LogP contribution in [-0.2, 0) is 0 Å². The van der Waals surface area contributed by atoms with Gasteiger partial charge in [-0.25, -0.2) is 0 Å². The number of hydrogen-bond donors (Lipinski definition) is 1. The molecule has 25 heavy (non-hydrogen) atoms. The van der Waals surface area contributed by atoms with Crippen LogP contribution < -0.4 is 5.32 Å². The van der Waals surface area contributed by atoms with Gasteiger partial charge in [0.25, 0.3) is 11.6 Å². The van der Waals surface area contributed by atoms with Gasteiger partial charge in [-0.3, -0.25) is 10.1 Å². The van der Waals surface area contributed by atoms with E-state index in [4.69, 9.17) is 4.42 Å². The van der Waals surface area contributed by atoms with Crippen molar-refractivity contribution in [2.75, 3.05) is 0 Å². The predicted octanol–water partition coefficient (Wildman–Crippen LogP) is 3.03. The average molecular weight is 339 g/mol. The molecule has 0 spiro atoms. The quantitative estimate of drug-likeness (QED) is 0.550. The Morgan fingerprint density at radius 3 is 2.32 bits per heavy atom. The van der Waals surface area contributed by atoms with Crippen LogP contribution in [0.2, 0.25) is 0 Å². The Bertz CT molecular complexity index is 846. The minimum atomic E-state index is -0.439. The van der Waals surface area contributed by atoms with Crippen LogP contribution in [-0.4, -0.2) is 15.1 Å². The fraction of sp³-hybridized carbons (Fsp3) is 0.222. The second-order valence-corrected chi connectivity index (χ2v) is 5.93. The highest BCUT2D eigenvalue weighted by Gasteiger charge is 2.21. The highest BCUT2D eigenvalue weighted by molar-refractivity contribution is 5.55. The molecule has 0 saturated carbocycles. The van der Waals surface area contributed by atoms with Gasteiger partial charge in [-0.1, -0.05) is 30.3 Å². The van der Waals surface area contributed by atoms with E-state index in [1.807, 2.05) is 25.1 Å². The zero-order valence-electron chi connectivity index (χ0n) is 14.0. The molecule has 2 atom stereocenters. The SMILES string of the molecule is C[C@H]([NH2+][C@H](C)c1nnc(-c2ccc([N+](=O)[O-])cc2)o1)c1ccccc1. The van der Waals surface area contributed by atoms with Gasteiger partial charge in [0.2, 0.25) is 5.89 Å². The summed E-state index contributed by atoms with van der Waals surface area (Å²) in [5.74, 6) is 0.883. The van der Waals surface area contributed by atoms with Crippen molar-refractivity contribution in [3.8, 4) is 11.5 Å². The Morgan fingerprint density at radius 1 is 1.00 bits per heavy atom. The van der Waals surface area contributed by atoms with Gasteiger partial charge in [-0.05, 0) is 26.0 Å². The first kappa shape index (κ1) is 16.8. The summed E-state index contributed by atoms with van der Waals surface area (Å²) in [6.07, 6.45) is 0. The van der Waals surface area contributed by atoms with Crippen LogP contribution in [0.1, 0.15) is 37.4 Å². The standard InChI is InChI=1S/C18H18N4O3/c1-12(14-6-4-3-5-7-14)19-13(2)17-20-21-18(25-17)15-8-10-16(11-9-15)22(23)24/h3-13,19H,1-2H3/p+1/t12-,13+/m0/s1. The lowest BCUT2D eigenvalue weighted by Gasteiger charge is -2.14. The monoisotopic (exact) mass is 339 g/mol. The number of quaternary nitrogens is 1. The van der Waals surface area contributed by atoms with Gasteiger partial charge in [0.05, 0.1) is 4.92 Å². The number of non-ortho nitro benzene ring substituents is 1. The van der Waals surface area contributed by atoms with Crippen LogP contribution in [0.4, 0.5) is 5.69 Å². The Morgan fingerprint density at radius 2 is 1.68 bits per heavy atom. The maximum Gasteiger partial charge on any atom is 0.274 e. The van der Waals surface area contributed by atoms with E-state index in [0.717, 1.165) is 0 Å². The maximum absolute atomic E-state index is 10.7. The molecule has 0 aliphatic carbocycles. The number of nitro groups is 1. The summed E-state index contributed by atoms with van der Waals surface area (Å²) in [4.78, 5) is 10.3. The summed E-state index contributed by atoms with van der Waals surface area (Å²) in [6.45, 7) is 4.13. The lowest BCUT2D eigenvalue weighted by molar-refractivity contribution is -0.730. The molecule has 0 aliphatic rings. The zero-order valence-corrected chi connectivity index (χ0v) is 14.0. The van der Waals surface area contributed by atoms with Crippen molar-refractivity contribution in [1.29, 1.82) is 0 Å². The van der Waals surface area contributed by atoms with Crippen LogP contribution in [0, 0.1) is 10.1 Å². The summed E-state index contributed by atoms with van der Waals surface area (Å²) < 4.78 is 5.75. The van der Waals surface area contributed by atoms with Gasteiger partial charge in [-0.2, -0.15) is 0 Å². The molecule has 2 aromatic carbocycles. The van der Waals surface area contributed by atoms with E-state index in [9.17, 15) is 10.1 Å². The summed E-state index contributed by atoms with van der Waals surface area (Å²) in [6, 6.07) is 16.5. The van der Waals surface area contributed by atoms with E-state index in [1.165, 1.54) is 17.7 Å². The average Bonchev–Trinajstić information content (AvgIpc) is 3.13. The summed E-state index contributed by atoms with van der Waals surface area (Å²) in [5, 5.41) is 21.0. The lowest BCUT2D eigenvalue weighted by atomic mass is 10.1. The fourth-order valence-electron chi connectivity index (χ4n) is 2.64. The van der Waals surface area contributed by atoms with Crippen LogP contribution in [0.5, 0.6) is 0 Å². The first-order chi connectivity index (χ1) is 12.0. The van der Waals surface area contributed by atoms with Crippen molar-refractivity contribution in [2.45, 2.75) is 25.9 Å². The number of hydrogen-bond acceptors (Lipinski definition) is 5. The molecule has 0 aliphatic heterocycles. The minimum Gasteiger partial charge on any atom is -0.415 e. The normalized spacial score (nSPS) is 13.4. The van der Waals surface area contributed by atoms with Gasteiger partial charge >= 0.3 is 0 Å². The van der Waals surface area contributed by atoms with Gasteiger partial charge in [-0.15, -0.1) is 10.2 Å². The molecule has 0 unspecified atom stereocenters. The number of rotatable bonds is 6. The fourth-order valence-corrected chi connectivity index (χ4v) is 2.64. The molecule has 7 nitrogen and oxygen atoms in total. The largest absolute Gasteiger partial charge is 0.415 e. The molecule has 3 aromatic rings. The van der Waals surface area contributed by atoms with Crippen LogP contribution in [0.3, 0.4) is 0 Å². The van der Waals surface area contributed by atoms with Crippen molar-refractivity contribution >= 4 is 5.69 Å². The first-order valence-electron chi connectivity index (χ1n) is 8.02. The van der Waals surface area contributed by atoms with Crippen molar-refractivity contribution in [2.24, 2.45) is 0 Å². The number of nitrogens with two attached hydrogens (primary N) is 1. The van der Waals surface area contributed by atoms with E-state index in [1.54, 1.807) is 12.1 Å². The third-order valence-electron chi connectivity index (χ3n) is 4.06. The summed E-state index contributed by atoms with van der Waals surface area (Å²) in [5.41, 5.74) is 1.92. The summed E-state index contributed by atoms with van der Waals surface area (Å²) in [7, 11) is 0. The summed E-state index contributed by atoms with van der Waals surface area (Å²) >= 11 is 0. The number of aromatic nitrogens is 2. The van der Waals surface area contributed by atoms with E-state index in [-0.39, 0.29) is 17.8 Å². The van der Waals surface area contributed by atoms with Crippen LogP contribution in [0.15, 0.2) is 59.0 Å². The Balaban J connectivity index is 1.71. The van der Waals surface area contributed by atoms with Crippen LogP contribution >= 0.6 is 0 Å². The maximum atomic E-state index is 10.7. The van der Waals surface area contributed by atoms with Gasteiger partial charge < -0.3 is 9.73 Å². The number of nitro benzene ring substituents is 1. The Labute approximate surface area is 144 Å². The first-order valence-corrected chi connectivity index (χ1v) is 8.02. The molecule has 2 N–H and O–H groups in total. The van der Waals surface area contributed by atoms with E-state index >= 15 is 0 Å². The smallest absolute Gasteiger partial charge is 0.274 e. The van der Waals surface area contributed by atoms with Gasteiger partial charge in [0.1, 0.15) is 6.04 Å². The molecule has 1 heterocycles. The molecule has 0 radical (unpaired) electrons. The third kappa shape index (κ3) is 3.89. The molecular formula is C18H19N4O3+. The molecule has 0 bridgehead atoms. The second-order valence-electron chi connectivity index (χ2n) is 5.93. The molecule has 0 saturated heterocycles. The van der Waals surface area contributed by atoms with E-state index < -0.39 is 4.92 Å². The van der Waals surface area contributed by atoms with Gasteiger partial charge in [0.15, 0.2) is 6.04 Å². The highest BCUT2D eigenvalue weighted by Crippen LogP contribution is 2.22. The number of benzene rings is 2. The molecule has 128 valence electrons. The zero-order chi connectivity index (χ0) is 17.8. The van der Waals surface area contributed by atoms with Crippen molar-refractivity contribution in [3.05, 3.63) is 76.2 Å². The van der Waals surface area contributed by atoms with Crippen LogP contribution in [0.25, 0.3) is 11.5 Å². The second kappa shape index (κ2) is 7.23. The van der Waals surface area contributed by atoms with E-state index in [0.29, 0.717) is 17.3 Å². The molecule has 3 rings (SSSR count). The van der Waals surface area contributed by atoms with Crippen molar-refractivity contribution in [3.63, 3.8) is 0 Å². The van der Waals surface area contributed by atoms with Gasteiger partial charge in [0, 0.05) is 23.3 Å². The van der Waals surface area contributed by atoms with Crippen molar-refractivity contribution < 1.29 is 14.7 Å². The third-order valence-corrected chi connectivity index (χ3v) is 4.06. The molecule has 0 fully saturated rings. The number of nitrogens with zero attached hydrogens (tertiary/aromatic N) is 3. The van der Waals surface area contributed by atoms with E-state index in [2.05, 4.69) is 34.6 Å². The minimum absolute atomic E-state index is 0.00509. The molecule has 1 aromatic heterocycles. The molecular weight excluding hydrogens is 320 g/mol. The lowest BCUT2D eigenvalue weighted by Crippen LogP contribution is -2.85.